The van der Waals surface area contributed by atoms with Crippen LogP contribution >= 0.6 is 15.9 Å². The van der Waals surface area contributed by atoms with E-state index < -0.39 is 0 Å². The van der Waals surface area contributed by atoms with Crippen LogP contribution in [0.5, 0.6) is 5.75 Å². The van der Waals surface area contributed by atoms with Crippen molar-refractivity contribution in [3.8, 4) is 11.8 Å². The second-order valence-electron chi connectivity index (χ2n) is 2.95. The van der Waals surface area contributed by atoms with Gasteiger partial charge in [0.25, 0.3) is 0 Å². The third-order valence-corrected chi connectivity index (χ3v) is 2.74. The fraction of sp³-hybridized carbons (Fsp3) is 0.0909. The smallest absolute Gasteiger partial charge is 0.141 e. The van der Waals surface area contributed by atoms with E-state index in [1.54, 1.807) is 13.2 Å². The number of nitriles is 1. The van der Waals surface area contributed by atoms with Gasteiger partial charge < -0.3 is 4.74 Å². The minimum absolute atomic E-state index is 0.399. The van der Waals surface area contributed by atoms with Crippen LogP contribution in [0.3, 0.4) is 0 Å². The van der Waals surface area contributed by atoms with Crippen molar-refractivity contribution in [1.82, 2.24) is 4.98 Å². The Morgan fingerprint density at radius 1 is 1.33 bits per heavy atom. The summed E-state index contributed by atoms with van der Waals surface area (Å²) in [6.45, 7) is 0. The first-order chi connectivity index (χ1) is 7.26. The Balaban J connectivity index is 2.83. The van der Waals surface area contributed by atoms with E-state index in [9.17, 15) is 0 Å². The van der Waals surface area contributed by atoms with Gasteiger partial charge in [-0.15, -0.1) is 0 Å². The molecule has 4 heteroatoms. The zero-order valence-corrected chi connectivity index (χ0v) is 9.58. The number of hydrogen-bond donors (Lipinski definition) is 0. The van der Waals surface area contributed by atoms with Gasteiger partial charge in [0.2, 0.25) is 0 Å². The quantitative estimate of drug-likeness (QED) is 0.794. The van der Waals surface area contributed by atoms with E-state index in [2.05, 4.69) is 20.9 Å². The zero-order chi connectivity index (χ0) is 10.8. The molecule has 0 saturated carbocycles. The summed E-state index contributed by atoms with van der Waals surface area (Å²) in [7, 11) is 1.61. The zero-order valence-electron chi connectivity index (χ0n) is 7.99. The molecular weight excluding hydrogens is 256 g/mol. The number of aromatic nitrogens is 1. The predicted molar refractivity (Wildman–Crippen MR) is 60.7 cm³/mol. The average molecular weight is 263 g/mol. The van der Waals surface area contributed by atoms with Crippen molar-refractivity contribution in [2.75, 3.05) is 7.11 Å². The molecule has 2 rings (SSSR count). The number of methoxy groups -OCH3 is 1. The second-order valence-corrected chi connectivity index (χ2v) is 3.81. The van der Waals surface area contributed by atoms with Gasteiger partial charge in [-0.25, -0.2) is 4.98 Å². The number of halogens is 1. The summed E-state index contributed by atoms with van der Waals surface area (Å²) in [5.41, 5.74) is 1.14. The molecule has 15 heavy (non-hydrogen) atoms. The highest BCUT2D eigenvalue weighted by atomic mass is 79.9. The standard InChI is InChI=1S/C11H7BrN2O/c1-15-10-5-4-9(12)11-8(10)3-2-7(6-13)14-11/h2-5H,1H3. The minimum atomic E-state index is 0.399. The fourth-order valence-electron chi connectivity index (χ4n) is 1.40. The Morgan fingerprint density at radius 2 is 2.13 bits per heavy atom. The predicted octanol–water partition coefficient (Wildman–Crippen LogP) is 2.88. The molecule has 74 valence electrons. The van der Waals surface area contributed by atoms with Crippen LogP contribution in [0.25, 0.3) is 10.9 Å². The van der Waals surface area contributed by atoms with E-state index in [0.29, 0.717) is 5.69 Å². The molecule has 0 aliphatic carbocycles. The molecule has 0 bridgehead atoms. The topological polar surface area (TPSA) is 45.9 Å². The van der Waals surface area contributed by atoms with Gasteiger partial charge in [0.1, 0.15) is 17.5 Å². The first kappa shape index (κ1) is 9.94. The third-order valence-electron chi connectivity index (χ3n) is 2.10. The first-order valence-electron chi connectivity index (χ1n) is 4.29. The van der Waals surface area contributed by atoms with Crippen molar-refractivity contribution in [2.45, 2.75) is 0 Å². The Labute approximate surface area is 95.4 Å². The van der Waals surface area contributed by atoms with Crippen molar-refractivity contribution in [1.29, 1.82) is 5.26 Å². The van der Waals surface area contributed by atoms with Crippen molar-refractivity contribution in [3.05, 3.63) is 34.4 Å². The number of ether oxygens (including phenoxy) is 1. The Bertz CT molecular complexity index is 560. The molecule has 0 atom stereocenters. The Kier molecular flexibility index (Phi) is 2.57. The molecule has 0 N–H and O–H groups in total. The van der Waals surface area contributed by atoms with Crippen molar-refractivity contribution in [2.24, 2.45) is 0 Å². The molecule has 0 aliphatic heterocycles. The lowest BCUT2D eigenvalue weighted by Crippen LogP contribution is -1.89. The maximum Gasteiger partial charge on any atom is 0.141 e. The van der Waals surface area contributed by atoms with Crippen LogP contribution < -0.4 is 4.74 Å². The van der Waals surface area contributed by atoms with Crippen LogP contribution in [-0.2, 0) is 0 Å². The Hall–Kier alpha value is -1.60. The van der Waals surface area contributed by atoms with E-state index in [4.69, 9.17) is 10.00 Å². The number of rotatable bonds is 1. The lowest BCUT2D eigenvalue weighted by molar-refractivity contribution is 0.419. The van der Waals surface area contributed by atoms with Gasteiger partial charge in [-0.2, -0.15) is 5.26 Å². The van der Waals surface area contributed by atoms with Crippen LogP contribution in [0.1, 0.15) is 5.69 Å². The molecular formula is C11H7BrN2O. The fourth-order valence-corrected chi connectivity index (χ4v) is 1.83. The number of nitrogens with zero attached hydrogens (tertiary/aromatic N) is 2. The van der Waals surface area contributed by atoms with Crippen molar-refractivity contribution < 1.29 is 4.74 Å². The number of pyridine rings is 1. The summed E-state index contributed by atoms with van der Waals surface area (Å²) in [6.07, 6.45) is 0. The lowest BCUT2D eigenvalue weighted by Gasteiger charge is -2.05. The lowest BCUT2D eigenvalue weighted by atomic mass is 10.2. The van der Waals surface area contributed by atoms with Gasteiger partial charge in [-0.05, 0) is 40.2 Å². The SMILES string of the molecule is COc1ccc(Br)c2nc(C#N)ccc12. The number of hydrogen-bond acceptors (Lipinski definition) is 3. The van der Waals surface area contributed by atoms with Crippen molar-refractivity contribution >= 4 is 26.8 Å². The highest BCUT2D eigenvalue weighted by molar-refractivity contribution is 9.10. The number of fused-ring (bicyclic) bond motifs is 1. The normalized spacial score (nSPS) is 9.93. The van der Waals surface area contributed by atoms with Crippen LogP contribution in [0, 0.1) is 11.3 Å². The average Bonchev–Trinajstić information content (AvgIpc) is 2.29. The summed E-state index contributed by atoms with van der Waals surface area (Å²) in [4.78, 5) is 4.21. The van der Waals surface area contributed by atoms with Gasteiger partial charge in [0, 0.05) is 9.86 Å². The van der Waals surface area contributed by atoms with E-state index >= 15 is 0 Å². The van der Waals surface area contributed by atoms with Gasteiger partial charge in [-0.3, -0.25) is 0 Å². The second kappa shape index (κ2) is 3.87. The molecule has 0 radical (unpaired) electrons. The summed E-state index contributed by atoms with van der Waals surface area (Å²) < 4.78 is 6.07. The molecule has 1 heterocycles. The maximum absolute atomic E-state index is 8.76. The molecule has 1 aromatic carbocycles. The van der Waals surface area contributed by atoms with E-state index in [-0.39, 0.29) is 0 Å². The molecule has 2 aromatic rings. The summed E-state index contributed by atoms with van der Waals surface area (Å²) >= 11 is 3.40. The minimum Gasteiger partial charge on any atom is -0.496 e. The molecule has 0 spiro atoms. The van der Waals surface area contributed by atoms with Crippen LogP contribution in [0.4, 0.5) is 0 Å². The molecule has 0 aliphatic rings. The highest BCUT2D eigenvalue weighted by Gasteiger charge is 2.06. The third kappa shape index (κ3) is 1.66. The molecule has 0 fully saturated rings. The first-order valence-corrected chi connectivity index (χ1v) is 5.09. The summed E-state index contributed by atoms with van der Waals surface area (Å²) in [6, 6.07) is 9.24. The highest BCUT2D eigenvalue weighted by Crippen LogP contribution is 2.30. The van der Waals surface area contributed by atoms with Gasteiger partial charge in [-0.1, -0.05) is 0 Å². The van der Waals surface area contributed by atoms with Gasteiger partial charge >= 0.3 is 0 Å². The molecule has 1 aromatic heterocycles. The Morgan fingerprint density at radius 3 is 2.80 bits per heavy atom. The van der Waals surface area contributed by atoms with Gasteiger partial charge in [0.05, 0.1) is 12.6 Å². The maximum atomic E-state index is 8.76. The largest absolute Gasteiger partial charge is 0.496 e. The number of benzene rings is 1. The monoisotopic (exact) mass is 262 g/mol. The van der Waals surface area contributed by atoms with Crippen molar-refractivity contribution in [3.63, 3.8) is 0 Å². The summed E-state index contributed by atoms with van der Waals surface area (Å²) in [5.74, 6) is 0.755. The van der Waals surface area contributed by atoms with E-state index in [0.717, 1.165) is 21.1 Å². The van der Waals surface area contributed by atoms with E-state index in [1.165, 1.54) is 0 Å². The molecule has 3 nitrogen and oxygen atoms in total. The molecule has 0 amide bonds. The van der Waals surface area contributed by atoms with Crippen LogP contribution in [0.15, 0.2) is 28.7 Å². The summed E-state index contributed by atoms with van der Waals surface area (Å²) in [5, 5.41) is 9.65. The van der Waals surface area contributed by atoms with Gasteiger partial charge in [0.15, 0.2) is 0 Å². The van der Waals surface area contributed by atoms with Crippen LogP contribution in [-0.4, -0.2) is 12.1 Å². The molecule has 0 saturated heterocycles. The van der Waals surface area contributed by atoms with Crippen LogP contribution in [0.2, 0.25) is 0 Å². The molecule has 0 unspecified atom stereocenters. The van der Waals surface area contributed by atoms with E-state index in [1.807, 2.05) is 24.3 Å².